The first-order chi connectivity index (χ1) is 9.88. The monoisotopic (exact) mass is 331 g/mol. The molecular weight excluding hydrogens is 314 g/mol. The summed E-state index contributed by atoms with van der Waals surface area (Å²) in [5, 5.41) is 0. The average molecular weight is 332 g/mol. The highest BCUT2D eigenvalue weighted by Crippen LogP contribution is 2.17. The lowest BCUT2D eigenvalue weighted by molar-refractivity contribution is -0.131. The van der Waals surface area contributed by atoms with E-state index in [-0.39, 0.29) is 16.8 Å². The van der Waals surface area contributed by atoms with Crippen molar-refractivity contribution in [2.24, 2.45) is 0 Å². The minimum Gasteiger partial charge on any atom is -0.379 e. The summed E-state index contributed by atoms with van der Waals surface area (Å²) in [6.45, 7) is 1.31. The number of ether oxygens (including phenoxy) is 1. The maximum Gasteiger partial charge on any atom is 0.261 e. The number of benzene rings is 1. The second-order valence-electron chi connectivity index (χ2n) is 5.10. The molecule has 1 aromatic carbocycles. The van der Waals surface area contributed by atoms with Crippen LogP contribution in [0.5, 0.6) is 0 Å². The zero-order valence-electron chi connectivity index (χ0n) is 11.8. The van der Waals surface area contributed by atoms with Gasteiger partial charge in [0.15, 0.2) is 0 Å². The first-order valence-corrected chi connectivity index (χ1v) is 9.06. The van der Waals surface area contributed by atoms with Crippen molar-refractivity contribution in [2.45, 2.75) is 30.2 Å². The minimum atomic E-state index is -3.69. The topological polar surface area (TPSA) is 63.7 Å². The van der Waals surface area contributed by atoms with Gasteiger partial charge in [-0.3, -0.25) is 4.79 Å². The van der Waals surface area contributed by atoms with Crippen LogP contribution in [0.1, 0.15) is 18.4 Å². The summed E-state index contributed by atoms with van der Waals surface area (Å²) in [6.07, 6.45) is 1.84. The van der Waals surface area contributed by atoms with Crippen molar-refractivity contribution in [3.05, 3.63) is 29.8 Å². The Hall–Kier alpha value is -1.11. The molecule has 116 valence electrons. The van der Waals surface area contributed by atoms with Crippen molar-refractivity contribution < 1.29 is 17.9 Å². The number of hydrogen-bond donors (Lipinski definition) is 0. The summed E-state index contributed by atoms with van der Waals surface area (Å²) in [7, 11) is 3.36. The number of nitrogens with zero attached hydrogens (tertiary/aromatic N) is 1. The molecule has 0 bridgehead atoms. The van der Waals surface area contributed by atoms with Crippen molar-refractivity contribution in [1.29, 1.82) is 0 Å². The van der Waals surface area contributed by atoms with Crippen molar-refractivity contribution in [3.8, 4) is 0 Å². The molecule has 1 aromatic rings. The summed E-state index contributed by atoms with van der Waals surface area (Å²) in [4.78, 5) is 13.9. The molecule has 1 fully saturated rings. The van der Waals surface area contributed by atoms with Crippen LogP contribution in [0.2, 0.25) is 0 Å². The fraction of sp³-hybridized carbons (Fsp3) is 0.500. The van der Waals surface area contributed by atoms with E-state index in [9.17, 15) is 13.2 Å². The molecule has 0 aliphatic carbocycles. The predicted octanol–water partition coefficient (Wildman–Crippen LogP) is 1.79. The number of carbonyl (C=O) groups is 1. The highest BCUT2D eigenvalue weighted by atomic mass is 35.7. The average Bonchev–Trinajstić information content (AvgIpc) is 2.97. The van der Waals surface area contributed by atoms with Gasteiger partial charge in [-0.25, -0.2) is 8.42 Å². The zero-order valence-corrected chi connectivity index (χ0v) is 13.4. The van der Waals surface area contributed by atoms with Gasteiger partial charge in [-0.1, -0.05) is 12.1 Å². The summed E-state index contributed by atoms with van der Waals surface area (Å²) < 4.78 is 27.6. The Labute approximate surface area is 129 Å². The molecule has 21 heavy (non-hydrogen) atoms. The highest BCUT2D eigenvalue weighted by molar-refractivity contribution is 8.13. The van der Waals surface area contributed by atoms with Gasteiger partial charge in [0.1, 0.15) is 0 Å². The summed E-state index contributed by atoms with van der Waals surface area (Å²) in [6, 6.07) is 6.44. The molecule has 1 atom stereocenters. The van der Waals surface area contributed by atoms with Crippen LogP contribution in [0, 0.1) is 0 Å². The summed E-state index contributed by atoms with van der Waals surface area (Å²) in [5.41, 5.74) is 0.906. The number of amides is 1. The molecule has 1 heterocycles. The second kappa shape index (κ2) is 6.77. The van der Waals surface area contributed by atoms with Crippen LogP contribution in [0.25, 0.3) is 0 Å². The molecule has 0 spiro atoms. The summed E-state index contributed by atoms with van der Waals surface area (Å²) in [5.74, 6) is 0.0690. The largest absolute Gasteiger partial charge is 0.379 e. The molecule has 0 aromatic heterocycles. The minimum absolute atomic E-state index is 0.0689. The van der Waals surface area contributed by atoms with Crippen LogP contribution < -0.4 is 0 Å². The van der Waals surface area contributed by atoms with Gasteiger partial charge in [-0.15, -0.1) is 0 Å². The number of aryl methyl sites for hydroxylation is 1. The Kier molecular flexibility index (Phi) is 5.24. The molecule has 0 saturated carbocycles. The maximum atomic E-state index is 12.1. The van der Waals surface area contributed by atoms with Gasteiger partial charge in [0.25, 0.3) is 9.05 Å². The first-order valence-electron chi connectivity index (χ1n) is 6.75. The van der Waals surface area contributed by atoms with Gasteiger partial charge in [0.2, 0.25) is 5.91 Å². The Morgan fingerprint density at radius 2 is 2.05 bits per heavy atom. The molecule has 5 nitrogen and oxygen atoms in total. The maximum absolute atomic E-state index is 12.1. The second-order valence-corrected chi connectivity index (χ2v) is 7.67. The molecule has 7 heteroatoms. The number of carbonyl (C=O) groups excluding carboxylic acids is 1. The smallest absolute Gasteiger partial charge is 0.261 e. The molecule has 2 rings (SSSR count). The van der Waals surface area contributed by atoms with Crippen LogP contribution >= 0.6 is 10.7 Å². The van der Waals surface area contributed by atoms with E-state index in [4.69, 9.17) is 15.4 Å². The van der Waals surface area contributed by atoms with Crippen molar-refractivity contribution >= 4 is 25.6 Å². The molecule has 1 saturated heterocycles. The lowest BCUT2D eigenvalue weighted by atomic mass is 10.1. The van der Waals surface area contributed by atoms with Gasteiger partial charge in [-0.05, 0) is 30.5 Å². The highest BCUT2D eigenvalue weighted by Gasteiger charge is 2.23. The molecular formula is C14H18ClNO4S. The zero-order chi connectivity index (χ0) is 15.5. The van der Waals surface area contributed by atoms with Crippen LogP contribution in [0.4, 0.5) is 0 Å². The Bertz CT molecular complexity index is 594. The molecule has 0 radical (unpaired) electrons. The summed E-state index contributed by atoms with van der Waals surface area (Å²) >= 11 is 0. The molecule has 1 aliphatic rings. The van der Waals surface area contributed by atoms with E-state index in [0.717, 1.165) is 12.0 Å². The van der Waals surface area contributed by atoms with E-state index in [1.54, 1.807) is 24.1 Å². The Balaban J connectivity index is 1.89. The fourth-order valence-electron chi connectivity index (χ4n) is 2.28. The number of likely N-dealkylation sites (N-methyl/N-ethyl adjacent to an activating group) is 1. The van der Waals surface area contributed by atoms with Crippen molar-refractivity contribution in [3.63, 3.8) is 0 Å². The van der Waals surface area contributed by atoms with Gasteiger partial charge in [0.05, 0.1) is 17.5 Å². The Morgan fingerprint density at radius 1 is 1.38 bits per heavy atom. The van der Waals surface area contributed by atoms with E-state index in [2.05, 4.69) is 0 Å². The molecule has 0 N–H and O–H groups in total. The number of halogens is 1. The van der Waals surface area contributed by atoms with Crippen molar-refractivity contribution in [1.82, 2.24) is 4.90 Å². The molecule has 1 aliphatic heterocycles. The quantitative estimate of drug-likeness (QED) is 0.772. The van der Waals surface area contributed by atoms with Gasteiger partial charge in [-0.2, -0.15) is 0 Å². The number of rotatable bonds is 5. The van der Waals surface area contributed by atoms with Gasteiger partial charge >= 0.3 is 0 Å². The van der Waals surface area contributed by atoms with E-state index in [1.807, 2.05) is 0 Å². The predicted molar refractivity (Wildman–Crippen MR) is 79.8 cm³/mol. The standard InChI is InChI=1S/C14H18ClNO4S/c1-16(12-8-9-20-10-12)14(17)7-4-11-2-5-13(6-3-11)21(15,18)19/h2-3,5-6,12H,4,7-10H2,1H3. The molecule has 1 amide bonds. The van der Waals surface area contributed by atoms with E-state index in [0.29, 0.717) is 26.1 Å². The van der Waals surface area contributed by atoms with Gasteiger partial charge < -0.3 is 9.64 Å². The van der Waals surface area contributed by atoms with Crippen LogP contribution in [-0.4, -0.2) is 45.5 Å². The van der Waals surface area contributed by atoms with E-state index in [1.165, 1.54) is 12.1 Å². The molecule has 1 unspecified atom stereocenters. The third-order valence-electron chi connectivity index (χ3n) is 3.68. The normalized spacial score (nSPS) is 18.7. The van der Waals surface area contributed by atoms with Crippen LogP contribution in [-0.2, 0) is 25.0 Å². The van der Waals surface area contributed by atoms with E-state index < -0.39 is 9.05 Å². The first kappa shape index (κ1) is 16.3. The third kappa shape index (κ3) is 4.43. The number of hydrogen-bond acceptors (Lipinski definition) is 4. The van der Waals surface area contributed by atoms with Crippen LogP contribution in [0.3, 0.4) is 0 Å². The fourth-order valence-corrected chi connectivity index (χ4v) is 3.05. The lowest BCUT2D eigenvalue weighted by Crippen LogP contribution is -2.37. The van der Waals surface area contributed by atoms with Crippen molar-refractivity contribution in [2.75, 3.05) is 20.3 Å². The lowest BCUT2D eigenvalue weighted by Gasteiger charge is -2.23. The van der Waals surface area contributed by atoms with Crippen LogP contribution in [0.15, 0.2) is 29.2 Å². The Morgan fingerprint density at radius 3 is 2.57 bits per heavy atom. The SMILES string of the molecule is CN(C(=O)CCc1ccc(S(=O)(=O)Cl)cc1)C1CCOC1. The third-order valence-corrected chi connectivity index (χ3v) is 5.05. The van der Waals surface area contributed by atoms with E-state index >= 15 is 0 Å². The van der Waals surface area contributed by atoms with Gasteiger partial charge in [0, 0.05) is 30.8 Å².